The summed E-state index contributed by atoms with van der Waals surface area (Å²) in [6.07, 6.45) is 3.57. The van der Waals surface area contributed by atoms with Gasteiger partial charge in [0.05, 0.1) is 5.39 Å². The van der Waals surface area contributed by atoms with Gasteiger partial charge in [0.25, 0.3) is 0 Å². The number of fused-ring (bicyclic) bond motifs is 2. The van der Waals surface area contributed by atoms with Crippen LogP contribution in [-0.4, -0.2) is 41.1 Å². The molecule has 2 N–H and O–H groups in total. The van der Waals surface area contributed by atoms with Crippen molar-refractivity contribution >= 4 is 16.9 Å². The summed E-state index contributed by atoms with van der Waals surface area (Å²) < 4.78 is 0. The summed E-state index contributed by atoms with van der Waals surface area (Å²) in [6, 6.07) is 2.59. The molecule has 5 heteroatoms. The van der Waals surface area contributed by atoms with E-state index in [2.05, 4.69) is 45.2 Å². The Labute approximate surface area is 112 Å². The smallest absolute Gasteiger partial charge is 0.142 e. The van der Waals surface area contributed by atoms with E-state index in [-0.39, 0.29) is 0 Å². The summed E-state index contributed by atoms with van der Waals surface area (Å²) in [5.74, 6) is 3.61. The molecule has 0 aromatic carbocycles. The predicted molar refractivity (Wildman–Crippen MR) is 75.1 cm³/mol. The Morgan fingerprint density at radius 2 is 2.11 bits per heavy atom. The molecule has 0 amide bonds. The lowest BCUT2D eigenvalue weighted by atomic mass is 10.1. The number of hydrogen-bond donors (Lipinski definition) is 2. The van der Waals surface area contributed by atoms with E-state index in [1.54, 1.807) is 6.33 Å². The van der Waals surface area contributed by atoms with Crippen molar-refractivity contribution < 1.29 is 0 Å². The van der Waals surface area contributed by atoms with E-state index >= 15 is 0 Å². The van der Waals surface area contributed by atoms with Gasteiger partial charge in [-0.1, -0.05) is 0 Å². The average Bonchev–Trinajstić information content (AvgIpc) is 2.87. The van der Waals surface area contributed by atoms with Gasteiger partial charge in [0, 0.05) is 19.3 Å². The minimum atomic E-state index is 0.532. The van der Waals surface area contributed by atoms with Crippen molar-refractivity contribution in [2.24, 2.45) is 17.8 Å². The first kappa shape index (κ1) is 11.2. The lowest BCUT2D eigenvalue weighted by molar-refractivity contribution is 0.501. The first-order chi connectivity index (χ1) is 9.27. The monoisotopic (exact) mass is 257 g/mol. The molecule has 4 atom stereocenters. The molecule has 1 aliphatic carbocycles. The third-order valence-electron chi connectivity index (χ3n) is 4.99. The molecule has 2 aromatic heterocycles. The zero-order chi connectivity index (χ0) is 13.0. The number of H-pyrrole nitrogens is 1. The number of rotatable bonds is 3. The van der Waals surface area contributed by atoms with Gasteiger partial charge in [0.2, 0.25) is 0 Å². The first-order valence-electron chi connectivity index (χ1n) is 6.99. The van der Waals surface area contributed by atoms with Crippen LogP contribution in [0, 0.1) is 17.8 Å². The largest absolute Gasteiger partial charge is 0.356 e. The molecular formula is C14H19N5. The molecule has 2 aliphatic rings. The van der Waals surface area contributed by atoms with Crippen molar-refractivity contribution in [2.45, 2.75) is 13.0 Å². The fourth-order valence-corrected chi connectivity index (χ4v) is 3.77. The molecule has 2 unspecified atom stereocenters. The third kappa shape index (κ3) is 1.57. The van der Waals surface area contributed by atoms with Crippen LogP contribution >= 0.6 is 0 Å². The highest BCUT2D eigenvalue weighted by Gasteiger charge is 2.55. The Morgan fingerprint density at radius 1 is 1.32 bits per heavy atom. The Hall–Kier alpha value is -1.62. The number of piperidine rings is 1. The van der Waals surface area contributed by atoms with Gasteiger partial charge in [0.15, 0.2) is 0 Å². The highest BCUT2D eigenvalue weighted by atomic mass is 15.2. The predicted octanol–water partition coefficient (Wildman–Crippen LogP) is 1.25. The molecule has 0 spiro atoms. The molecule has 0 radical (unpaired) electrons. The maximum absolute atomic E-state index is 4.48. The molecule has 1 saturated heterocycles. The molecule has 2 aromatic rings. The number of hydrogen-bond acceptors (Lipinski definition) is 4. The van der Waals surface area contributed by atoms with E-state index in [9.17, 15) is 0 Å². The second-order valence-electron chi connectivity index (χ2n) is 5.85. The van der Waals surface area contributed by atoms with E-state index in [0.29, 0.717) is 6.04 Å². The Bertz CT molecular complexity index is 597. The first-order valence-corrected chi connectivity index (χ1v) is 6.99. The van der Waals surface area contributed by atoms with Gasteiger partial charge in [-0.2, -0.15) is 0 Å². The molecule has 5 nitrogen and oxygen atoms in total. The highest BCUT2D eigenvalue weighted by Crippen LogP contribution is 2.52. The van der Waals surface area contributed by atoms with Crippen molar-refractivity contribution in [1.29, 1.82) is 0 Å². The second kappa shape index (κ2) is 3.93. The van der Waals surface area contributed by atoms with Crippen molar-refractivity contribution in [1.82, 2.24) is 20.3 Å². The average molecular weight is 257 g/mol. The van der Waals surface area contributed by atoms with Gasteiger partial charge < -0.3 is 15.2 Å². The van der Waals surface area contributed by atoms with Gasteiger partial charge in [-0.25, -0.2) is 9.97 Å². The lowest BCUT2D eigenvalue weighted by Crippen LogP contribution is -2.34. The van der Waals surface area contributed by atoms with Crippen molar-refractivity contribution in [3.05, 3.63) is 18.6 Å². The van der Waals surface area contributed by atoms with Gasteiger partial charge >= 0.3 is 0 Å². The maximum Gasteiger partial charge on any atom is 0.142 e. The van der Waals surface area contributed by atoms with Gasteiger partial charge in [0.1, 0.15) is 17.8 Å². The molecule has 2 fully saturated rings. The van der Waals surface area contributed by atoms with Crippen LogP contribution in [0.25, 0.3) is 11.0 Å². The second-order valence-corrected chi connectivity index (χ2v) is 5.85. The van der Waals surface area contributed by atoms with Crippen LogP contribution in [0.5, 0.6) is 0 Å². The Balaban J connectivity index is 1.63. The highest BCUT2D eigenvalue weighted by molar-refractivity contribution is 5.87. The summed E-state index contributed by atoms with van der Waals surface area (Å²) in [6.45, 7) is 4.71. The van der Waals surface area contributed by atoms with Gasteiger partial charge in [-0.05, 0) is 43.8 Å². The van der Waals surface area contributed by atoms with Crippen LogP contribution < -0.4 is 10.2 Å². The van der Waals surface area contributed by atoms with Crippen LogP contribution in [0.1, 0.15) is 6.92 Å². The fourth-order valence-electron chi connectivity index (χ4n) is 3.77. The van der Waals surface area contributed by atoms with Gasteiger partial charge in [-0.15, -0.1) is 0 Å². The maximum atomic E-state index is 4.48. The van der Waals surface area contributed by atoms with E-state index in [1.165, 1.54) is 13.1 Å². The summed E-state index contributed by atoms with van der Waals surface area (Å²) >= 11 is 0. The topological polar surface area (TPSA) is 56.8 Å². The van der Waals surface area contributed by atoms with Crippen LogP contribution in [0.3, 0.4) is 0 Å². The molecule has 4 rings (SSSR count). The lowest BCUT2D eigenvalue weighted by Gasteiger charge is -2.27. The molecule has 100 valence electrons. The SMILES string of the molecule is CC(C1[C@H]2CNC[C@@H]12)N(C)c1ncnc2[nH]ccc12. The number of aromatic amines is 1. The van der Waals surface area contributed by atoms with E-state index in [4.69, 9.17) is 0 Å². The summed E-state index contributed by atoms with van der Waals surface area (Å²) in [7, 11) is 2.15. The molecule has 19 heavy (non-hydrogen) atoms. The number of anilines is 1. The van der Waals surface area contributed by atoms with E-state index in [1.807, 2.05) is 6.20 Å². The number of nitrogens with one attached hydrogen (secondary N) is 2. The summed E-state index contributed by atoms with van der Waals surface area (Å²) in [4.78, 5) is 14.2. The normalized spacial score (nSPS) is 30.3. The standard InChI is InChI=1S/C14H19N5/c1-8(12-10-5-15-6-11(10)12)19(2)14-9-3-4-16-13(9)17-7-18-14/h3-4,7-8,10-12,15H,5-6H2,1-2H3,(H,16,17,18)/t8?,10-,11+,12?. The molecular weight excluding hydrogens is 238 g/mol. The minimum Gasteiger partial charge on any atom is -0.356 e. The zero-order valence-corrected chi connectivity index (χ0v) is 11.3. The quantitative estimate of drug-likeness (QED) is 0.869. The molecule has 0 bridgehead atoms. The number of nitrogens with zero attached hydrogens (tertiary/aromatic N) is 3. The van der Waals surface area contributed by atoms with Crippen molar-refractivity contribution in [3.63, 3.8) is 0 Å². The van der Waals surface area contributed by atoms with Crippen molar-refractivity contribution in [3.8, 4) is 0 Å². The summed E-state index contributed by atoms with van der Waals surface area (Å²) in [5, 5.41) is 4.57. The third-order valence-corrected chi connectivity index (χ3v) is 4.99. The Kier molecular flexibility index (Phi) is 2.33. The van der Waals surface area contributed by atoms with Crippen molar-refractivity contribution in [2.75, 3.05) is 25.0 Å². The van der Waals surface area contributed by atoms with Crippen LogP contribution in [0.4, 0.5) is 5.82 Å². The fraction of sp³-hybridized carbons (Fsp3) is 0.571. The van der Waals surface area contributed by atoms with E-state index < -0.39 is 0 Å². The van der Waals surface area contributed by atoms with Crippen LogP contribution in [0.2, 0.25) is 0 Å². The minimum absolute atomic E-state index is 0.532. The summed E-state index contributed by atoms with van der Waals surface area (Å²) in [5.41, 5.74) is 0.918. The van der Waals surface area contributed by atoms with Crippen LogP contribution in [0.15, 0.2) is 18.6 Å². The van der Waals surface area contributed by atoms with Crippen LogP contribution in [-0.2, 0) is 0 Å². The Morgan fingerprint density at radius 3 is 2.89 bits per heavy atom. The van der Waals surface area contributed by atoms with E-state index in [0.717, 1.165) is 34.6 Å². The zero-order valence-electron chi connectivity index (χ0n) is 11.3. The molecule has 3 heterocycles. The number of aromatic nitrogens is 3. The molecule has 1 saturated carbocycles. The molecule has 1 aliphatic heterocycles. The van der Waals surface area contributed by atoms with Gasteiger partial charge in [-0.3, -0.25) is 0 Å².